The van der Waals surface area contributed by atoms with Crippen LogP contribution in [0.3, 0.4) is 0 Å². The third-order valence-corrected chi connectivity index (χ3v) is 4.45. The second kappa shape index (κ2) is 9.87. The van der Waals surface area contributed by atoms with Crippen molar-refractivity contribution in [3.8, 4) is 0 Å². The molecule has 0 aromatic heterocycles. The third-order valence-electron chi connectivity index (χ3n) is 4.45. The molecule has 1 fully saturated rings. The molecular formula is C20H26N2O6. The average Bonchev–Trinajstić information content (AvgIpc) is 2.59. The first-order chi connectivity index (χ1) is 13.3. The van der Waals surface area contributed by atoms with Crippen molar-refractivity contribution < 1.29 is 28.7 Å². The smallest absolute Gasteiger partial charge is 0.303 e. The summed E-state index contributed by atoms with van der Waals surface area (Å²) in [5.41, 5.74) is 0.854. The molecule has 8 heteroatoms. The standard InChI is InChI=1S/C20H26N2O6/c1-12(23)21-16-9-10-17(20(28-14(3)25)19(16)27-13(2)24)22-18(26)11-15-7-5-4-6-8-15/h4-8,16-17,19-20H,9-11H2,1-3H3,(H,21,23)(H,22,26)/t16-,17+,19+,20-/m0/s1. The minimum Gasteiger partial charge on any atom is -0.456 e. The molecule has 4 atom stereocenters. The normalized spacial score (nSPS) is 24.0. The number of hydrogen-bond acceptors (Lipinski definition) is 6. The molecule has 1 aromatic carbocycles. The Kier molecular flexibility index (Phi) is 7.54. The lowest BCUT2D eigenvalue weighted by atomic mass is 9.85. The summed E-state index contributed by atoms with van der Waals surface area (Å²) in [5, 5.41) is 5.61. The zero-order valence-corrected chi connectivity index (χ0v) is 16.3. The maximum Gasteiger partial charge on any atom is 0.303 e. The van der Waals surface area contributed by atoms with Crippen molar-refractivity contribution in [3.63, 3.8) is 0 Å². The summed E-state index contributed by atoms with van der Waals surface area (Å²) >= 11 is 0. The van der Waals surface area contributed by atoms with E-state index < -0.39 is 36.2 Å². The number of carbonyl (C=O) groups is 4. The molecule has 8 nitrogen and oxygen atoms in total. The minimum atomic E-state index is -0.897. The van der Waals surface area contributed by atoms with Crippen LogP contribution in [0.4, 0.5) is 0 Å². The third kappa shape index (κ3) is 6.37. The van der Waals surface area contributed by atoms with Gasteiger partial charge in [0.1, 0.15) is 0 Å². The van der Waals surface area contributed by atoms with Gasteiger partial charge >= 0.3 is 11.9 Å². The molecule has 1 saturated carbocycles. The average molecular weight is 390 g/mol. The number of esters is 2. The van der Waals surface area contributed by atoms with Gasteiger partial charge in [-0.05, 0) is 18.4 Å². The van der Waals surface area contributed by atoms with Crippen LogP contribution < -0.4 is 10.6 Å². The Morgan fingerprint density at radius 2 is 1.36 bits per heavy atom. The maximum atomic E-state index is 12.5. The van der Waals surface area contributed by atoms with E-state index >= 15 is 0 Å². The summed E-state index contributed by atoms with van der Waals surface area (Å²) < 4.78 is 10.8. The van der Waals surface area contributed by atoms with Crippen molar-refractivity contribution in [2.24, 2.45) is 0 Å². The van der Waals surface area contributed by atoms with Crippen LogP contribution in [0.15, 0.2) is 30.3 Å². The van der Waals surface area contributed by atoms with E-state index in [-0.39, 0.29) is 18.2 Å². The van der Waals surface area contributed by atoms with Crippen molar-refractivity contribution in [2.75, 3.05) is 0 Å². The number of hydrogen-bond donors (Lipinski definition) is 2. The fourth-order valence-electron chi connectivity index (χ4n) is 3.44. The van der Waals surface area contributed by atoms with Crippen molar-refractivity contribution in [3.05, 3.63) is 35.9 Å². The van der Waals surface area contributed by atoms with Gasteiger partial charge in [-0.25, -0.2) is 0 Å². The largest absolute Gasteiger partial charge is 0.456 e. The molecule has 152 valence electrons. The Bertz CT molecular complexity index is 721. The Morgan fingerprint density at radius 3 is 1.82 bits per heavy atom. The van der Waals surface area contributed by atoms with E-state index in [1.54, 1.807) is 0 Å². The van der Waals surface area contributed by atoms with E-state index in [1.807, 2.05) is 30.3 Å². The van der Waals surface area contributed by atoms with Gasteiger partial charge in [0.15, 0.2) is 12.2 Å². The first-order valence-electron chi connectivity index (χ1n) is 9.21. The summed E-state index contributed by atoms with van der Waals surface area (Å²) in [6.07, 6.45) is -0.683. The quantitative estimate of drug-likeness (QED) is 0.698. The Morgan fingerprint density at radius 1 is 0.857 bits per heavy atom. The molecule has 1 aliphatic rings. The number of ether oxygens (including phenoxy) is 2. The molecule has 1 aromatic rings. The van der Waals surface area contributed by atoms with Crippen LogP contribution in [0.1, 0.15) is 39.2 Å². The first-order valence-corrected chi connectivity index (χ1v) is 9.21. The van der Waals surface area contributed by atoms with E-state index in [0.29, 0.717) is 12.8 Å². The van der Waals surface area contributed by atoms with Gasteiger partial charge in [0.2, 0.25) is 11.8 Å². The topological polar surface area (TPSA) is 111 Å². The van der Waals surface area contributed by atoms with Crippen LogP contribution in [-0.4, -0.2) is 48.0 Å². The van der Waals surface area contributed by atoms with Gasteiger partial charge in [0.05, 0.1) is 18.5 Å². The van der Waals surface area contributed by atoms with Crippen LogP contribution in [0.25, 0.3) is 0 Å². The molecule has 0 aliphatic heterocycles. The monoisotopic (exact) mass is 390 g/mol. The summed E-state index contributed by atoms with van der Waals surface area (Å²) in [5.74, 6) is -1.63. The Hall–Kier alpha value is -2.90. The predicted octanol–water partition coefficient (Wildman–Crippen LogP) is 0.876. The van der Waals surface area contributed by atoms with Crippen molar-refractivity contribution in [2.45, 2.75) is 64.3 Å². The van der Waals surface area contributed by atoms with E-state index in [2.05, 4.69) is 10.6 Å². The van der Waals surface area contributed by atoms with Gasteiger partial charge in [-0.15, -0.1) is 0 Å². The van der Waals surface area contributed by atoms with Gasteiger partial charge in [-0.2, -0.15) is 0 Å². The van der Waals surface area contributed by atoms with Crippen LogP contribution in [0.2, 0.25) is 0 Å². The van der Waals surface area contributed by atoms with E-state index in [9.17, 15) is 19.2 Å². The van der Waals surface area contributed by atoms with Crippen LogP contribution in [0, 0.1) is 0 Å². The molecule has 0 saturated heterocycles. The zero-order valence-electron chi connectivity index (χ0n) is 16.3. The second-order valence-electron chi connectivity index (χ2n) is 6.87. The summed E-state index contributed by atoms with van der Waals surface area (Å²) in [6.45, 7) is 3.85. The summed E-state index contributed by atoms with van der Waals surface area (Å²) in [7, 11) is 0. The SMILES string of the molecule is CC(=O)N[C@H]1CC[C@@H](NC(=O)Cc2ccccc2)[C@H](OC(C)=O)[C@@H]1OC(C)=O. The molecule has 2 N–H and O–H groups in total. The van der Waals surface area contributed by atoms with Crippen molar-refractivity contribution in [1.29, 1.82) is 0 Å². The highest BCUT2D eigenvalue weighted by Crippen LogP contribution is 2.26. The highest BCUT2D eigenvalue weighted by Gasteiger charge is 2.44. The molecule has 0 spiro atoms. The molecule has 2 amide bonds. The lowest BCUT2D eigenvalue weighted by molar-refractivity contribution is -0.175. The van der Waals surface area contributed by atoms with Gasteiger partial charge < -0.3 is 20.1 Å². The number of nitrogens with one attached hydrogen (secondary N) is 2. The van der Waals surface area contributed by atoms with Gasteiger partial charge in [0.25, 0.3) is 0 Å². The molecule has 0 unspecified atom stereocenters. The molecule has 0 heterocycles. The highest BCUT2D eigenvalue weighted by molar-refractivity contribution is 5.79. The molecule has 0 radical (unpaired) electrons. The predicted molar refractivity (Wildman–Crippen MR) is 100 cm³/mol. The maximum absolute atomic E-state index is 12.5. The van der Waals surface area contributed by atoms with Gasteiger partial charge in [-0.3, -0.25) is 19.2 Å². The highest BCUT2D eigenvalue weighted by atomic mass is 16.6. The van der Waals surface area contributed by atoms with E-state index in [4.69, 9.17) is 9.47 Å². The molecule has 1 aliphatic carbocycles. The minimum absolute atomic E-state index is 0.178. The lowest BCUT2D eigenvalue weighted by Crippen LogP contribution is -2.62. The fourth-order valence-corrected chi connectivity index (χ4v) is 3.44. The van der Waals surface area contributed by atoms with Crippen LogP contribution in [-0.2, 0) is 35.1 Å². The lowest BCUT2D eigenvalue weighted by Gasteiger charge is -2.41. The van der Waals surface area contributed by atoms with Gasteiger partial charge in [-0.1, -0.05) is 30.3 Å². The molecule has 2 rings (SSSR count). The van der Waals surface area contributed by atoms with E-state index in [1.165, 1.54) is 20.8 Å². The summed E-state index contributed by atoms with van der Waals surface area (Å²) in [4.78, 5) is 47.2. The number of carbonyl (C=O) groups excluding carboxylic acids is 4. The molecule has 28 heavy (non-hydrogen) atoms. The number of rotatable bonds is 6. The summed E-state index contributed by atoms with van der Waals surface area (Å²) in [6, 6.07) is 8.21. The van der Waals surface area contributed by atoms with E-state index in [0.717, 1.165) is 5.56 Å². The molecular weight excluding hydrogens is 364 g/mol. The number of benzene rings is 1. The zero-order chi connectivity index (χ0) is 20.7. The fraction of sp³-hybridized carbons (Fsp3) is 0.500. The number of amides is 2. The van der Waals surface area contributed by atoms with Gasteiger partial charge in [0, 0.05) is 20.8 Å². The van der Waals surface area contributed by atoms with Crippen LogP contribution >= 0.6 is 0 Å². The van der Waals surface area contributed by atoms with Crippen molar-refractivity contribution in [1.82, 2.24) is 10.6 Å². The Labute approximate surface area is 164 Å². The van der Waals surface area contributed by atoms with Crippen molar-refractivity contribution >= 4 is 23.8 Å². The second-order valence-corrected chi connectivity index (χ2v) is 6.87. The van der Waals surface area contributed by atoms with Crippen LogP contribution in [0.5, 0.6) is 0 Å². The molecule has 0 bridgehead atoms. The Balaban J connectivity index is 2.16. The first kappa shape index (κ1) is 21.4.